The van der Waals surface area contributed by atoms with Crippen molar-refractivity contribution in [2.75, 3.05) is 18.9 Å². The Labute approximate surface area is 238 Å². The average Bonchev–Trinajstić information content (AvgIpc) is 3.60. The summed E-state index contributed by atoms with van der Waals surface area (Å²) >= 11 is 6.52. The molecule has 1 unspecified atom stereocenters. The van der Waals surface area contributed by atoms with E-state index in [1.54, 1.807) is 24.5 Å². The van der Waals surface area contributed by atoms with Crippen LogP contribution in [0.1, 0.15) is 24.8 Å². The van der Waals surface area contributed by atoms with Gasteiger partial charge >= 0.3 is 0 Å². The first-order chi connectivity index (χ1) is 19.5. The zero-order chi connectivity index (χ0) is 27.5. The molecule has 1 aliphatic rings. The van der Waals surface area contributed by atoms with E-state index in [-0.39, 0.29) is 12.4 Å². The molecule has 0 spiro atoms. The molecule has 204 valence electrons. The second kappa shape index (κ2) is 11.7. The molecule has 1 saturated heterocycles. The van der Waals surface area contributed by atoms with E-state index >= 15 is 0 Å². The van der Waals surface area contributed by atoms with Gasteiger partial charge < -0.3 is 19.5 Å². The van der Waals surface area contributed by atoms with Gasteiger partial charge in [0.15, 0.2) is 0 Å². The normalized spacial score (nSPS) is 15.5. The maximum Gasteiger partial charge on any atom is 0.141 e. The molecule has 0 amide bonds. The Bertz CT molecular complexity index is 1640. The average molecular weight is 556 g/mol. The van der Waals surface area contributed by atoms with Gasteiger partial charge in [0.25, 0.3) is 0 Å². The Morgan fingerprint density at radius 2 is 1.98 bits per heavy atom. The fraction of sp³-hybridized carbons (Fsp3) is 0.250. The summed E-state index contributed by atoms with van der Waals surface area (Å²) in [6.45, 7) is 2.45. The number of nitrogens with one attached hydrogen (secondary N) is 1. The Hall–Kier alpha value is -3.94. The van der Waals surface area contributed by atoms with Crippen LogP contribution in [-0.4, -0.2) is 39.1 Å². The van der Waals surface area contributed by atoms with Gasteiger partial charge in [-0.15, -0.1) is 0 Å². The number of likely N-dealkylation sites (tertiary alicyclic amines) is 1. The van der Waals surface area contributed by atoms with Crippen molar-refractivity contribution in [3.8, 4) is 16.9 Å². The molecule has 0 bridgehead atoms. The van der Waals surface area contributed by atoms with Crippen LogP contribution in [0.15, 0.2) is 85.5 Å². The summed E-state index contributed by atoms with van der Waals surface area (Å²) in [7, 11) is 2.23. The van der Waals surface area contributed by atoms with Crippen molar-refractivity contribution in [3.05, 3.63) is 102 Å². The third-order valence-corrected chi connectivity index (χ3v) is 7.88. The van der Waals surface area contributed by atoms with E-state index in [0.717, 1.165) is 34.3 Å². The summed E-state index contributed by atoms with van der Waals surface area (Å²) in [6, 6.07) is 20.9. The van der Waals surface area contributed by atoms with Crippen LogP contribution in [-0.2, 0) is 13.2 Å². The molecule has 8 heteroatoms. The number of aryl methyl sites for hydroxylation is 1. The number of benzene rings is 3. The van der Waals surface area contributed by atoms with Gasteiger partial charge in [-0.1, -0.05) is 29.8 Å². The minimum atomic E-state index is -0.295. The van der Waals surface area contributed by atoms with Gasteiger partial charge in [-0.2, -0.15) is 0 Å². The van der Waals surface area contributed by atoms with E-state index in [4.69, 9.17) is 16.3 Å². The number of ether oxygens (including phenoxy) is 1. The third-order valence-electron chi connectivity index (χ3n) is 7.59. The van der Waals surface area contributed by atoms with Gasteiger partial charge in [0.05, 0.1) is 10.5 Å². The lowest BCUT2D eigenvalue weighted by molar-refractivity contribution is 0.286. The Morgan fingerprint density at radius 3 is 2.80 bits per heavy atom. The second-order valence-corrected chi connectivity index (χ2v) is 10.8. The van der Waals surface area contributed by atoms with E-state index in [9.17, 15) is 4.39 Å². The smallest absolute Gasteiger partial charge is 0.141 e. The van der Waals surface area contributed by atoms with Crippen molar-refractivity contribution in [2.24, 2.45) is 0 Å². The minimum Gasteiger partial charge on any atom is -0.487 e. The van der Waals surface area contributed by atoms with Crippen LogP contribution < -0.4 is 10.1 Å². The summed E-state index contributed by atoms with van der Waals surface area (Å²) in [5, 5.41) is 4.75. The monoisotopic (exact) mass is 555 g/mol. The van der Waals surface area contributed by atoms with Gasteiger partial charge in [0.2, 0.25) is 0 Å². The molecule has 1 atom stereocenters. The van der Waals surface area contributed by atoms with E-state index in [0.29, 0.717) is 22.6 Å². The summed E-state index contributed by atoms with van der Waals surface area (Å²) in [4.78, 5) is 11.5. The number of hydrogen-bond acceptors (Lipinski definition) is 5. The van der Waals surface area contributed by atoms with Crippen molar-refractivity contribution in [3.63, 3.8) is 0 Å². The van der Waals surface area contributed by atoms with Crippen molar-refractivity contribution in [1.29, 1.82) is 0 Å². The van der Waals surface area contributed by atoms with E-state index in [1.807, 2.05) is 18.2 Å². The number of rotatable bonds is 9. The third kappa shape index (κ3) is 5.96. The van der Waals surface area contributed by atoms with Crippen LogP contribution in [0, 0.1) is 5.82 Å². The van der Waals surface area contributed by atoms with E-state index < -0.39 is 0 Å². The molecule has 6 nitrogen and oxygen atoms in total. The number of fused-ring (bicyclic) bond motifs is 1. The number of nitrogens with zero attached hydrogens (tertiary/aromatic N) is 4. The molecular formula is C32H31ClFN5O. The lowest BCUT2D eigenvalue weighted by Crippen LogP contribution is -2.25. The summed E-state index contributed by atoms with van der Waals surface area (Å²) in [5.41, 5.74) is 4.64. The lowest BCUT2D eigenvalue weighted by Gasteiger charge is -2.19. The molecule has 3 heterocycles. The predicted octanol–water partition coefficient (Wildman–Crippen LogP) is 7.70. The number of aromatic nitrogens is 3. The topological polar surface area (TPSA) is 55.2 Å². The maximum absolute atomic E-state index is 13.5. The highest BCUT2D eigenvalue weighted by atomic mass is 35.5. The molecule has 40 heavy (non-hydrogen) atoms. The first-order valence-electron chi connectivity index (χ1n) is 13.6. The quantitative estimate of drug-likeness (QED) is 0.202. The highest BCUT2D eigenvalue weighted by Gasteiger charge is 2.20. The molecule has 1 N–H and O–H groups in total. The SMILES string of the molecule is CN1CCCC1CCn1ccc(-c2ccc3ncnc(Nc4ccc(OCc5cccc(F)c5)c(Cl)c4)c3c2)c1. The number of anilines is 2. The summed E-state index contributed by atoms with van der Waals surface area (Å²) in [5.74, 6) is 0.923. The molecule has 0 saturated carbocycles. The van der Waals surface area contributed by atoms with Gasteiger partial charge in [-0.25, -0.2) is 14.4 Å². The molecular weight excluding hydrogens is 525 g/mol. The van der Waals surface area contributed by atoms with Crippen LogP contribution >= 0.6 is 11.6 Å². The second-order valence-electron chi connectivity index (χ2n) is 10.3. The van der Waals surface area contributed by atoms with Gasteiger partial charge in [-0.3, -0.25) is 0 Å². The fourth-order valence-electron chi connectivity index (χ4n) is 5.35. The van der Waals surface area contributed by atoms with Gasteiger partial charge in [0, 0.05) is 36.1 Å². The zero-order valence-electron chi connectivity index (χ0n) is 22.4. The highest BCUT2D eigenvalue weighted by molar-refractivity contribution is 6.32. The molecule has 3 aromatic carbocycles. The molecule has 1 fully saturated rings. The molecule has 6 rings (SSSR count). The highest BCUT2D eigenvalue weighted by Crippen LogP contribution is 2.32. The molecule has 0 radical (unpaired) electrons. The van der Waals surface area contributed by atoms with E-state index in [2.05, 4.69) is 62.4 Å². The molecule has 5 aromatic rings. The van der Waals surface area contributed by atoms with E-state index in [1.165, 1.54) is 43.5 Å². The Balaban J connectivity index is 1.17. The summed E-state index contributed by atoms with van der Waals surface area (Å²) < 4.78 is 21.6. The van der Waals surface area contributed by atoms with Crippen molar-refractivity contribution in [2.45, 2.75) is 38.5 Å². The van der Waals surface area contributed by atoms with Gasteiger partial charge in [-0.05, 0) is 98.1 Å². The van der Waals surface area contributed by atoms with Gasteiger partial charge in [0.1, 0.15) is 30.3 Å². The van der Waals surface area contributed by atoms with Crippen LogP contribution in [0.4, 0.5) is 15.9 Å². The van der Waals surface area contributed by atoms with Crippen molar-refractivity contribution < 1.29 is 9.13 Å². The lowest BCUT2D eigenvalue weighted by atomic mass is 10.1. The molecule has 0 aliphatic carbocycles. The van der Waals surface area contributed by atoms with Crippen LogP contribution in [0.3, 0.4) is 0 Å². The largest absolute Gasteiger partial charge is 0.487 e. The van der Waals surface area contributed by atoms with Crippen LogP contribution in [0.25, 0.3) is 22.0 Å². The fourth-order valence-corrected chi connectivity index (χ4v) is 5.58. The number of halogens is 2. The molecule has 2 aromatic heterocycles. The Kier molecular flexibility index (Phi) is 7.66. The first-order valence-corrected chi connectivity index (χ1v) is 13.9. The van der Waals surface area contributed by atoms with Crippen LogP contribution in [0.2, 0.25) is 5.02 Å². The zero-order valence-corrected chi connectivity index (χ0v) is 23.1. The standard InChI is InChI=1S/C32H31ClFN5O/c1-38-13-3-6-27(38)12-15-39-14-11-24(19-39)23-7-9-30-28(17-23)32(36-21-35-30)37-26-8-10-31(29(33)18-26)40-20-22-4-2-5-25(34)16-22/h2,4-5,7-11,14,16-19,21,27H,3,6,12-13,15,20H2,1H3,(H,35,36,37). The first kappa shape index (κ1) is 26.3. The summed E-state index contributed by atoms with van der Waals surface area (Å²) in [6.07, 6.45) is 9.69. The number of hydrogen-bond donors (Lipinski definition) is 1. The minimum absolute atomic E-state index is 0.225. The molecule has 1 aliphatic heterocycles. The Morgan fingerprint density at radius 1 is 1.05 bits per heavy atom. The van der Waals surface area contributed by atoms with Crippen molar-refractivity contribution in [1.82, 2.24) is 19.4 Å². The predicted molar refractivity (Wildman–Crippen MR) is 159 cm³/mol. The van der Waals surface area contributed by atoms with Crippen LogP contribution in [0.5, 0.6) is 5.75 Å². The van der Waals surface area contributed by atoms with Crippen molar-refractivity contribution >= 4 is 34.0 Å². The maximum atomic E-state index is 13.5.